The van der Waals surface area contributed by atoms with Gasteiger partial charge in [0.2, 0.25) is 0 Å². The Balaban J connectivity index is 1.65. The van der Waals surface area contributed by atoms with Crippen LogP contribution in [0.2, 0.25) is 0 Å². The van der Waals surface area contributed by atoms with E-state index in [0.717, 1.165) is 12.8 Å². The Morgan fingerprint density at radius 2 is 2.20 bits per heavy atom. The summed E-state index contributed by atoms with van der Waals surface area (Å²) < 4.78 is 5.15. The van der Waals surface area contributed by atoms with Crippen LogP contribution in [-0.4, -0.2) is 56.7 Å². The summed E-state index contributed by atoms with van der Waals surface area (Å²) in [6.07, 6.45) is 1.44. The monoisotopic (exact) mass is 347 g/mol. The molecule has 3 rings (SSSR count). The van der Waals surface area contributed by atoms with Crippen molar-refractivity contribution in [3.8, 4) is 5.75 Å². The molecule has 2 heterocycles. The number of non-ortho nitro benzene ring substituents is 1. The van der Waals surface area contributed by atoms with Crippen LogP contribution in [0.15, 0.2) is 18.2 Å². The normalized spacial score (nSPS) is 15.0. The van der Waals surface area contributed by atoms with E-state index in [1.807, 2.05) is 0 Å². The van der Waals surface area contributed by atoms with Gasteiger partial charge in [0.15, 0.2) is 5.82 Å². The van der Waals surface area contributed by atoms with Gasteiger partial charge in [-0.1, -0.05) is 5.21 Å². The van der Waals surface area contributed by atoms with Gasteiger partial charge in [-0.25, -0.2) is 4.79 Å². The maximum atomic E-state index is 12.4. The van der Waals surface area contributed by atoms with Crippen molar-refractivity contribution in [2.24, 2.45) is 0 Å². The maximum absolute atomic E-state index is 12.4. The van der Waals surface area contributed by atoms with E-state index in [4.69, 9.17) is 4.74 Å². The number of nitrogens with one attached hydrogen (secondary N) is 2. The van der Waals surface area contributed by atoms with Gasteiger partial charge in [0.1, 0.15) is 5.75 Å². The standard InChI is InChI=1S/C14H17N7O4/c1-25-12-3-2-10(21(23)24)8-11(12)15-14(22)20-6-4-9(5-7-20)13-16-18-19-17-13/h2-3,8-9H,4-7H2,1H3,(H,15,22)(H,16,17,18,19). The topological polar surface area (TPSA) is 139 Å². The summed E-state index contributed by atoms with van der Waals surface area (Å²) in [5.41, 5.74) is 0.147. The Bertz CT molecular complexity index is 757. The van der Waals surface area contributed by atoms with Crippen LogP contribution in [0.25, 0.3) is 0 Å². The minimum absolute atomic E-state index is 0.119. The zero-order valence-corrected chi connectivity index (χ0v) is 13.5. The van der Waals surface area contributed by atoms with Crippen molar-refractivity contribution in [2.45, 2.75) is 18.8 Å². The smallest absolute Gasteiger partial charge is 0.321 e. The molecule has 1 fully saturated rings. The number of hydrogen-bond donors (Lipinski definition) is 2. The number of amides is 2. The largest absolute Gasteiger partial charge is 0.495 e. The summed E-state index contributed by atoms with van der Waals surface area (Å²) in [6, 6.07) is 3.73. The van der Waals surface area contributed by atoms with Crippen LogP contribution in [0.1, 0.15) is 24.6 Å². The van der Waals surface area contributed by atoms with E-state index in [1.165, 1.54) is 25.3 Å². The number of carbonyl (C=O) groups is 1. The van der Waals surface area contributed by atoms with Crippen LogP contribution in [0.4, 0.5) is 16.2 Å². The molecule has 0 bridgehead atoms. The number of likely N-dealkylation sites (tertiary alicyclic amines) is 1. The molecule has 25 heavy (non-hydrogen) atoms. The fourth-order valence-electron chi connectivity index (χ4n) is 2.78. The van der Waals surface area contributed by atoms with Crippen LogP contribution in [0.3, 0.4) is 0 Å². The van der Waals surface area contributed by atoms with Crippen molar-refractivity contribution >= 4 is 17.4 Å². The van der Waals surface area contributed by atoms with E-state index in [1.54, 1.807) is 4.90 Å². The average molecular weight is 347 g/mol. The first-order valence-electron chi connectivity index (χ1n) is 7.70. The summed E-state index contributed by atoms with van der Waals surface area (Å²) in [5.74, 6) is 1.18. The van der Waals surface area contributed by atoms with E-state index in [-0.39, 0.29) is 23.3 Å². The molecule has 0 radical (unpaired) electrons. The zero-order valence-electron chi connectivity index (χ0n) is 13.5. The molecule has 1 saturated heterocycles. The number of piperidine rings is 1. The highest BCUT2D eigenvalue weighted by atomic mass is 16.6. The SMILES string of the molecule is COc1ccc([N+](=O)[O-])cc1NC(=O)N1CCC(c2nn[nH]n2)CC1. The molecule has 0 saturated carbocycles. The minimum atomic E-state index is -0.522. The number of carbonyl (C=O) groups excluding carboxylic acids is 1. The molecule has 0 aliphatic carbocycles. The second kappa shape index (κ2) is 7.11. The van der Waals surface area contributed by atoms with E-state index in [9.17, 15) is 14.9 Å². The number of nitrogens with zero attached hydrogens (tertiary/aromatic N) is 5. The molecule has 0 atom stereocenters. The number of rotatable bonds is 4. The Morgan fingerprint density at radius 1 is 1.44 bits per heavy atom. The quantitative estimate of drug-likeness (QED) is 0.631. The van der Waals surface area contributed by atoms with Gasteiger partial charge in [0.05, 0.1) is 17.7 Å². The van der Waals surface area contributed by atoms with Crippen LogP contribution in [-0.2, 0) is 0 Å². The van der Waals surface area contributed by atoms with Crippen molar-refractivity contribution in [2.75, 3.05) is 25.5 Å². The third-order valence-electron chi connectivity index (χ3n) is 4.14. The number of benzene rings is 1. The zero-order chi connectivity index (χ0) is 17.8. The number of nitro benzene ring substituents is 1. The first kappa shape index (κ1) is 16.6. The molecule has 11 nitrogen and oxygen atoms in total. The number of hydrogen-bond acceptors (Lipinski definition) is 7. The molecule has 1 aliphatic heterocycles. The maximum Gasteiger partial charge on any atom is 0.321 e. The van der Waals surface area contributed by atoms with Gasteiger partial charge in [0.25, 0.3) is 5.69 Å². The lowest BCUT2D eigenvalue weighted by molar-refractivity contribution is -0.384. The number of tetrazole rings is 1. The number of H-pyrrole nitrogens is 1. The summed E-state index contributed by atoms with van der Waals surface area (Å²) in [7, 11) is 1.44. The van der Waals surface area contributed by atoms with Crippen molar-refractivity contribution < 1.29 is 14.5 Å². The molecule has 2 N–H and O–H groups in total. The van der Waals surface area contributed by atoms with Gasteiger partial charge in [0, 0.05) is 31.1 Å². The van der Waals surface area contributed by atoms with Gasteiger partial charge in [-0.05, 0) is 18.9 Å². The fraction of sp³-hybridized carbons (Fsp3) is 0.429. The molecule has 11 heteroatoms. The molecule has 1 aromatic heterocycles. The van der Waals surface area contributed by atoms with Gasteiger partial charge in [-0.3, -0.25) is 10.1 Å². The van der Waals surface area contributed by atoms with Gasteiger partial charge < -0.3 is 15.0 Å². The van der Waals surface area contributed by atoms with Crippen molar-refractivity contribution in [3.05, 3.63) is 34.1 Å². The van der Waals surface area contributed by atoms with Crippen molar-refractivity contribution in [3.63, 3.8) is 0 Å². The molecule has 2 amide bonds. The van der Waals surface area contributed by atoms with Gasteiger partial charge in [-0.15, -0.1) is 10.2 Å². The summed E-state index contributed by atoms with van der Waals surface area (Å²) >= 11 is 0. The van der Waals surface area contributed by atoms with Crippen LogP contribution in [0.5, 0.6) is 5.75 Å². The molecular formula is C14H17N7O4. The second-order valence-electron chi connectivity index (χ2n) is 5.60. The number of methoxy groups -OCH3 is 1. The third-order valence-corrected chi connectivity index (χ3v) is 4.14. The van der Waals surface area contributed by atoms with Crippen LogP contribution >= 0.6 is 0 Å². The molecule has 1 aromatic carbocycles. The lowest BCUT2D eigenvalue weighted by Crippen LogP contribution is -2.40. The first-order valence-corrected chi connectivity index (χ1v) is 7.70. The lowest BCUT2D eigenvalue weighted by Gasteiger charge is -2.30. The van der Waals surface area contributed by atoms with E-state index in [0.29, 0.717) is 24.7 Å². The highest BCUT2D eigenvalue weighted by molar-refractivity contribution is 5.91. The molecule has 132 valence electrons. The highest BCUT2D eigenvalue weighted by Crippen LogP contribution is 2.30. The molecular weight excluding hydrogens is 330 g/mol. The Morgan fingerprint density at radius 3 is 2.80 bits per heavy atom. The molecule has 0 spiro atoms. The van der Waals surface area contributed by atoms with Crippen molar-refractivity contribution in [1.82, 2.24) is 25.5 Å². The Hall–Kier alpha value is -3.24. The Kier molecular flexibility index (Phi) is 4.73. The summed E-state index contributed by atoms with van der Waals surface area (Å²) in [5, 5.41) is 27.5. The number of nitro groups is 1. The molecule has 2 aromatic rings. The van der Waals surface area contributed by atoms with E-state index >= 15 is 0 Å². The third kappa shape index (κ3) is 3.65. The number of anilines is 1. The van der Waals surface area contributed by atoms with Crippen LogP contribution in [0, 0.1) is 10.1 Å². The number of urea groups is 1. The summed E-state index contributed by atoms with van der Waals surface area (Å²) in [4.78, 5) is 24.5. The molecule has 1 aliphatic rings. The van der Waals surface area contributed by atoms with E-state index in [2.05, 4.69) is 25.9 Å². The summed E-state index contributed by atoms with van der Waals surface area (Å²) in [6.45, 7) is 1.06. The fourth-order valence-corrected chi connectivity index (χ4v) is 2.78. The minimum Gasteiger partial charge on any atom is -0.495 e. The van der Waals surface area contributed by atoms with Crippen molar-refractivity contribution in [1.29, 1.82) is 0 Å². The Labute approximate surface area is 142 Å². The number of aromatic amines is 1. The predicted octanol–water partition coefficient (Wildman–Crippen LogP) is 1.53. The lowest BCUT2D eigenvalue weighted by atomic mass is 9.96. The van der Waals surface area contributed by atoms with E-state index < -0.39 is 4.92 Å². The van der Waals surface area contributed by atoms with Crippen LogP contribution < -0.4 is 10.1 Å². The second-order valence-corrected chi connectivity index (χ2v) is 5.60. The first-order chi connectivity index (χ1) is 12.1. The number of ether oxygens (including phenoxy) is 1. The van der Waals surface area contributed by atoms with Gasteiger partial charge in [-0.2, -0.15) is 5.21 Å². The van der Waals surface area contributed by atoms with Gasteiger partial charge >= 0.3 is 6.03 Å². The highest BCUT2D eigenvalue weighted by Gasteiger charge is 2.27. The average Bonchev–Trinajstić information content (AvgIpc) is 3.16. The molecule has 0 unspecified atom stereocenters. The number of aromatic nitrogens is 4. The predicted molar refractivity (Wildman–Crippen MR) is 86.4 cm³/mol.